The van der Waals surface area contributed by atoms with E-state index in [0.717, 1.165) is 42.4 Å². The predicted octanol–water partition coefficient (Wildman–Crippen LogP) is 6.58. The lowest BCUT2D eigenvalue weighted by molar-refractivity contribution is 0.340. The molecule has 0 aliphatic carbocycles. The fraction of sp³-hybridized carbons (Fsp3) is 0.478. The summed E-state index contributed by atoms with van der Waals surface area (Å²) in [5.41, 5.74) is 4.05. The van der Waals surface area contributed by atoms with Crippen molar-refractivity contribution in [3.05, 3.63) is 42.5 Å². The Bertz CT molecular complexity index is 752. The molecule has 28 heavy (non-hydrogen) atoms. The topological polar surface area (TPSA) is 40.4 Å². The molecule has 0 unspecified atom stereocenters. The first kappa shape index (κ1) is 21.7. The third kappa shape index (κ3) is 5.47. The number of hydrogen-bond donors (Lipinski definition) is 0. The van der Waals surface area contributed by atoms with E-state index in [9.17, 15) is 0 Å². The molecule has 2 aromatic carbocycles. The zero-order chi connectivity index (χ0) is 20.5. The van der Waals surface area contributed by atoms with Crippen LogP contribution in [0.2, 0.25) is 0 Å². The normalized spacial score (nSPS) is 11.2. The average Bonchev–Trinajstić information content (AvgIpc) is 2.70. The number of nitrogens with zero attached hydrogens (tertiary/aromatic N) is 4. The SMILES string of the molecule is CCOc1ccc(N=Nc2ccc(N(CC)C(C)C)cc2N(CC)CC)cc1. The molecule has 0 aliphatic heterocycles. The van der Waals surface area contributed by atoms with Crippen molar-refractivity contribution in [2.24, 2.45) is 10.2 Å². The minimum atomic E-state index is 0.450. The third-order valence-corrected chi connectivity index (χ3v) is 4.78. The summed E-state index contributed by atoms with van der Waals surface area (Å²) in [4.78, 5) is 4.71. The van der Waals surface area contributed by atoms with Gasteiger partial charge in [0, 0.05) is 31.4 Å². The van der Waals surface area contributed by atoms with E-state index in [-0.39, 0.29) is 0 Å². The number of ether oxygens (including phenoxy) is 1. The Balaban J connectivity index is 2.36. The molecule has 0 amide bonds. The second-order valence-electron chi connectivity index (χ2n) is 6.85. The van der Waals surface area contributed by atoms with Crippen molar-refractivity contribution in [2.75, 3.05) is 36.0 Å². The van der Waals surface area contributed by atoms with E-state index in [1.54, 1.807) is 0 Å². The van der Waals surface area contributed by atoms with Gasteiger partial charge in [-0.15, -0.1) is 5.11 Å². The maximum atomic E-state index is 5.49. The molecular weight excluding hydrogens is 348 g/mol. The van der Waals surface area contributed by atoms with Gasteiger partial charge in [0.15, 0.2) is 0 Å². The maximum absolute atomic E-state index is 5.49. The zero-order valence-electron chi connectivity index (χ0n) is 18.1. The van der Waals surface area contributed by atoms with E-state index in [1.807, 2.05) is 31.2 Å². The van der Waals surface area contributed by atoms with E-state index >= 15 is 0 Å². The molecule has 0 fully saturated rings. The van der Waals surface area contributed by atoms with E-state index in [4.69, 9.17) is 4.74 Å². The second kappa shape index (κ2) is 10.7. The van der Waals surface area contributed by atoms with Crippen LogP contribution in [0, 0.1) is 0 Å². The lowest BCUT2D eigenvalue weighted by Gasteiger charge is -2.30. The molecular formula is C23H34N4O. The van der Waals surface area contributed by atoms with Gasteiger partial charge in [0.1, 0.15) is 11.4 Å². The van der Waals surface area contributed by atoms with Crippen LogP contribution in [-0.2, 0) is 0 Å². The van der Waals surface area contributed by atoms with Crippen LogP contribution >= 0.6 is 0 Å². The highest BCUT2D eigenvalue weighted by Crippen LogP contribution is 2.35. The molecule has 0 saturated heterocycles. The quantitative estimate of drug-likeness (QED) is 0.436. The number of benzene rings is 2. The molecule has 0 atom stereocenters. The van der Waals surface area contributed by atoms with Crippen LogP contribution < -0.4 is 14.5 Å². The van der Waals surface area contributed by atoms with Crippen LogP contribution in [0.4, 0.5) is 22.7 Å². The molecule has 0 saturated carbocycles. The molecule has 5 heteroatoms. The smallest absolute Gasteiger partial charge is 0.119 e. The van der Waals surface area contributed by atoms with Crippen molar-refractivity contribution in [2.45, 2.75) is 47.6 Å². The summed E-state index contributed by atoms with van der Waals surface area (Å²) in [5, 5.41) is 9.01. The van der Waals surface area contributed by atoms with Gasteiger partial charge in [-0.05, 0) is 84.0 Å². The molecule has 0 radical (unpaired) electrons. The van der Waals surface area contributed by atoms with Crippen molar-refractivity contribution < 1.29 is 4.74 Å². The Kier molecular flexibility index (Phi) is 8.30. The zero-order valence-corrected chi connectivity index (χ0v) is 18.1. The summed E-state index contributed by atoms with van der Waals surface area (Å²) < 4.78 is 5.49. The number of anilines is 2. The fourth-order valence-electron chi connectivity index (χ4n) is 3.33. The first-order valence-corrected chi connectivity index (χ1v) is 10.3. The second-order valence-corrected chi connectivity index (χ2v) is 6.85. The van der Waals surface area contributed by atoms with Gasteiger partial charge in [0.2, 0.25) is 0 Å². The molecule has 2 rings (SSSR count). The van der Waals surface area contributed by atoms with E-state index in [2.05, 4.69) is 72.8 Å². The van der Waals surface area contributed by atoms with Crippen molar-refractivity contribution >= 4 is 22.7 Å². The molecule has 0 spiro atoms. The van der Waals surface area contributed by atoms with Gasteiger partial charge in [-0.3, -0.25) is 0 Å². The first-order chi connectivity index (χ1) is 13.5. The van der Waals surface area contributed by atoms with Gasteiger partial charge in [-0.1, -0.05) is 0 Å². The van der Waals surface area contributed by atoms with Crippen molar-refractivity contribution in [1.82, 2.24) is 0 Å². The van der Waals surface area contributed by atoms with Gasteiger partial charge in [0.25, 0.3) is 0 Å². The summed E-state index contributed by atoms with van der Waals surface area (Å²) in [5.74, 6) is 0.850. The summed E-state index contributed by atoms with van der Waals surface area (Å²) >= 11 is 0. The summed E-state index contributed by atoms with van der Waals surface area (Å²) in [6.45, 7) is 16.4. The minimum Gasteiger partial charge on any atom is -0.494 e. The molecule has 0 N–H and O–H groups in total. The van der Waals surface area contributed by atoms with Crippen molar-refractivity contribution in [3.8, 4) is 5.75 Å². The summed E-state index contributed by atoms with van der Waals surface area (Å²) in [6, 6.07) is 14.6. The van der Waals surface area contributed by atoms with E-state index in [1.165, 1.54) is 5.69 Å². The number of hydrogen-bond acceptors (Lipinski definition) is 5. The Morgan fingerprint density at radius 3 is 2.07 bits per heavy atom. The van der Waals surface area contributed by atoms with Crippen LogP contribution in [0.15, 0.2) is 52.7 Å². The Morgan fingerprint density at radius 1 is 0.857 bits per heavy atom. The molecule has 0 aliphatic rings. The Labute approximate surface area is 170 Å². The lowest BCUT2D eigenvalue weighted by Crippen LogP contribution is -2.30. The largest absolute Gasteiger partial charge is 0.494 e. The van der Waals surface area contributed by atoms with Crippen molar-refractivity contribution in [1.29, 1.82) is 0 Å². The van der Waals surface area contributed by atoms with Gasteiger partial charge in [-0.2, -0.15) is 5.11 Å². The molecule has 5 nitrogen and oxygen atoms in total. The van der Waals surface area contributed by atoms with Gasteiger partial charge in [0.05, 0.1) is 18.0 Å². The average molecular weight is 383 g/mol. The van der Waals surface area contributed by atoms with Gasteiger partial charge >= 0.3 is 0 Å². The molecule has 0 bridgehead atoms. The molecule has 152 valence electrons. The monoisotopic (exact) mass is 382 g/mol. The Hall–Kier alpha value is -2.56. The van der Waals surface area contributed by atoms with Crippen molar-refractivity contribution in [3.63, 3.8) is 0 Å². The minimum absolute atomic E-state index is 0.450. The molecule has 0 heterocycles. The van der Waals surface area contributed by atoms with Crippen LogP contribution in [0.5, 0.6) is 5.75 Å². The standard InChI is InChI=1S/C23H34N4O/c1-7-26(8-2)23-17-20(27(9-3)18(5)6)13-16-22(23)25-24-19-11-14-21(15-12-19)28-10-4/h11-18H,7-10H2,1-6H3. The predicted molar refractivity (Wildman–Crippen MR) is 120 cm³/mol. The summed E-state index contributed by atoms with van der Waals surface area (Å²) in [6.07, 6.45) is 0. The highest BCUT2D eigenvalue weighted by Gasteiger charge is 2.14. The van der Waals surface area contributed by atoms with Gasteiger partial charge in [-0.25, -0.2) is 0 Å². The van der Waals surface area contributed by atoms with E-state index < -0.39 is 0 Å². The molecule has 0 aromatic heterocycles. The first-order valence-electron chi connectivity index (χ1n) is 10.3. The van der Waals surface area contributed by atoms with Crippen LogP contribution in [-0.4, -0.2) is 32.3 Å². The maximum Gasteiger partial charge on any atom is 0.119 e. The van der Waals surface area contributed by atoms with E-state index in [0.29, 0.717) is 12.6 Å². The molecule has 2 aromatic rings. The number of rotatable bonds is 10. The third-order valence-electron chi connectivity index (χ3n) is 4.78. The Morgan fingerprint density at radius 2 is 1.54 bits per heavy atom. The van der Waals surface area contributed by atoms with Crippen LogP contribution in [0.3, 0.4) is 0 Å². The van der Waals surface area contributed by atoms with Crippen LogP contribution in [0.25, 0.3) is 0 Å². The summed E-state index contributed by atoms with van der Waals surface area (Å²) in [7, 11) is 0. The van der Waals surface area contributed by atoms with Gasteiger partial charge < -0.3 is 14.5 Å². The highest BCUT2D eigenvalue weighted by molar-refractivity contribution is 5.73. The number of azo groups is 1. The van der Waals surface area contributed by atoms with Crippen LogP contribution in [0.1, 0.15) is 41.5 Å². The highest BCUT2D eigenvalue weighted by atomic mass is 16.5. The lowest BCUT2D eigenvalue weighted by atomic mass is 10.1. The fourth-order valence-corrected chi connectivity index (χ4v) is 3.33.